The molecular weight excluding hydrogens is 195 g/mol. The molecule has 0 aromatic heterocycles. The average Bonchev–Trinajstić information content (AvgIpc) is 2.09. The second-order valence-electron chi connectivity index (χ2n) is 2.77. The first-order chi connectivity index (χ1) is 6.07. The summed E-state index contributed by atoms with van der Waals surface area (Å²) >= 11 is 5.56. The van der Waals surface area contributed by atoms with Crippen molar-refractivity contribution in [1.29, 1.82) is 0 Å². The molecule has 0 aliphatic carbocycles. The van der Waals surface area contributed by atoms with E-state index in [1.165, 1.54) is 6.92 Å². The van der Waals surface area contributed by atoms with Crippen molar-refractivity contribution in [2.45, 2.75) is 13.3 Å². The van der Waals surface area contributed by atoms with Crippen LogP contribution in [0.5, 0.6) is 5.75 Å². The topological polar surface area (TPSA) is 40.5 Å². The van der Waals surface area contributed by atoms with E-state index in [1.54, 1.807) is 0 Å². The number of rotatable bonds is 2. The van der Waals surface area contributed by atoms with Gasteiger partial charge in [0.05, 0.1) is 5.02 Å². The Kier molecular flexibility index (Phi) is 3.12. The van der Waals surface area contributed by atoms with Gasteiger partial charge in [-0.25, -0.2) is 4.39 Å². The molecule has 0 unspecified atom stereocenters. The van der Waals surface area contributed by atoms with Crippen LogP contribution in [-0.4, -0.2) is 16.8 Å². The predicted molar refractivity (Wildman–Crippen MR) is 48.6 cm³/mol. The van der Waals surface area contributed by atoms with Gasteiger partial charge in [-0.2, -0.15) is 0 Å². The molecule has 2 nitrogen and oxygen atoms in total. The number of hydrogen-bond acceptors (Lipinski definition) is 2. The SMILES string of the molecule is Cc1c(F)cc(Cl)c(O)c1CCO. The smallest absolute Gasteiger partial charge is 0.137 e. The molecule has 4 heteroatoms. The van der Waals surface area contributed by atoms with Gasteiger partial charge in [-0.15, -0.1) is 0 Å². The summed E-state index contributed by atoms with van der Waals surface area (Å²) in [6.45, 7) is 1.39. The molecule has 1 aromatic carbocycles. The summed E-state index contributed by atoms with van der Waals surface area (Å²) in [4.78, 5) is 0. The molecule has 2 N–H and O–H groups in total. The summed E-state index contributed by atoms with van der Waals surface area (Å²) in [5.41, 5.74) is 0.698. The number of phenols is 1. The number of benzene rings is 1. The van der Waals surface area contributed by atoms with Crippen molar-refractivity contribution in [3.8, 4) is 5.75 Å². The Morgan fingerprint density at radius 3 is 2.69 bits per heavy atom. The van der Waals surface area contributed by atoms with Crippen molar-refractivity contribution in [3.63, 3.8) is 0 Å². The fraction of sp³-hybridized carbons (Fsp3) is 0.333. The second kappa shape index (κ2) is 3.94. The highest BCUT2D eigenvalue weighted by Crippen LogP contribution is 2.31. The highest BCUT2D eigenvalue weighted by Gasteiger charge is 2.12. The summed E-state index contributed by atoms with van der Waals surface area (Å²) in [6.07, 6.45) is 0.204. The Morgan fingerprint density at radius 1 is 1.54 bits per heavy atom. The normalized spacial score (nSPS) is 10.5. The van der Waals surface area contributed by atoms with E-state index in [4.69, 9.17) is 16.7 Å². The number of hydrogen-bond donors (Lipinski definition) is 2. The standard InChI is InChI=1S/C9H10ClFO2/c1-5-6(2-3-12)9(13)7(10)4-8(5)11/h4,12-13H,2-3H2,1H3. The maximum atomic E-state index is 13.1. The summed E-state index contributed by atoms with van der Waals surface area (Å²) in [5.74, 6) is -0.610. The van der Waals surface area contributed by atoms with Gasteiger partial charge >= 0.3 is 0 Å². The number of aliphatic hydroxyl groups is 1. The molecule has 1 aromatic rings. The molecule has 0 fully saturated rings. The number of aromatic hydroxyl groups is 1. The lowest BCUT2D eigenvalue weighted by atomic mass is 10.0. The lowest BCUT2D eigenvalue weighted by Crippen LogP contribution is -1.98. The van der Waals surface area contributed by atoms with Crippen LogP contribution in [0.2, 0.25) is 5.02 Å². The lowest BCUT2D eigenvalue weighted by Gasteiger charge is -2.09. The number of phenolic OH excluding ortho intramolecular Hbond substituents is 1. The maximum Gasteiger partial charge on any atom is 0.137 e. The van der Waals surface area contributed by atoms with Gasteiger partial charge in [0.25, 0.3) is 0 Å². The van der Waals surface area contributed by atoms with Crippen molar-refractivity contribution in [3.05, 3.63) is 28.0 Å². The van der Waals surface area contributed by atoms with Gasteiger partial charge in [0.2, 0.25) is 0 Å². The summed E-state index contributed by atoms with van der Waals surface area (Å²) < 4.78 is 13.1. The fourth-order valence-corrected chi connectivity index (χ4v) is 1.38. The molecule has 0 spiro atoms. The monoisotopic (exact) mass is 204 g/mol. The minimum atomic E-state index is -0.466. The van der Waals surface area contributed by atoms with E-state index in [2.05, 4.69) is 0 Å². The average molecular weight is 205 g/mol. The van der Waals surface area contributed by atoms with Gasteiger partial charge in [0.15, 0.2) is 0 Å². The van der Waals surface area contributed by atoms with Crippen molar-refractivity contribution in [2.24, 2.45) is 0 Å². The van der Waals surface area contributed by atoms with Crippen LogP contribution in [0.15, 0.2) is 6.07 Å². The molecule has 13 heavy (non-hydrogen) atoms. The largest absolute Gasteiger partial charge is 0.506 e. The zero-order chi connectivity index (χ0) is 10.0. The van der Waals surface area contributed by atoms with Crippen molar-refractivity contribution in [2.75, 3.05) is 6.61 Å². The number of aliphatic hydroxyl groups excluding tert-OH is 1. The molecule has 0 amide bonds. The maximum absolute atomic E-state index is 13.1. The highest BCUT2D eigenvalue weighted by molar-refractivity contribution is 6.32. The van der Waals surface area contributed by atoms with Crippen LogP contribution in [0.1, 0.15) is 11.1 Å². The first-order valence-corrected chi connectivity index (χ1v) is 4.23. The molecule has 0 heterocycles. The van der Waals surface area contributed by atoms with E-state index < -0.39 is 5.82 Å². The van der Waals surface area contributed by atoms with Gasteiger partial charge in [-0.05, 0) is 25.0 Å². The van der Waals surface area contributed by atoms with Crippen LogP contribution in [-0.2, 0) is 6.42 Å². The Labute approximate surface area is 80.6 Å². The molecule has 0 radical (unpaired) electrons. The van der Waals surface area contributed by atoms with Gasteiger partial charge in [-0.1, -0.05) is 11.6 Å². The molecule has 1 rings (SSSR count). The van der Waals surface area contributed by atoms with Crippen LogP contribution in [0.3, 0.4) is 0 Å². The fourth-order valence-electron chi connectivity index (χ4n) is 1.17. The molecule has 0 saturated carbocycles. The molecule has 0 atom stereocenters. The van der Waals surface area contributed by atoms with Crippen LogP contribution in [0, 0.1) is 12.7 Å². The first kappa shape index (κ1) is 10.3. The molecule has 72 valence electrons. The van der Waals surface area contributed by atoms with Gasteiger partial charge in [-0.3, -0.25) is 0 Å². The van der Waals surface area contributed by atoms with E-state index in [-0.39, 0.29) is 23.8 Å². The molecule has 0 aliphatic rings. The Hall–Kier alpha value is -0.800. The van der Waals surface area contributed by atoms with Gasteiger partial charge < -0.3 is 10.2 Å². The zero-order valence-electron chi connectivity index (χ0n) is 7.14. The summed E-state index contributed by atoms with van der Waals surface area (Å²) in [5, 5.41) is 18.1. The number of halogens is 2. The van der Waals surface area contributed by atoms with E-state index in [0.29, 0.717) is 11.1 Å². The minimum absolute atomic E-state index is 0.0217. The third kappa shape index (κ3) is 1.92. The van der Waals surface area contributed by atoms with Crippen molar-refractivity contribution >= 4 is 11.6 Å². The first-order valence-electron chi connectivity index (χ1n) is 3.85. The van der Waals surface area contributed by atoms with Crippen LogP contribution in [0.4, 0.5) is 4.39 Å². The molecule has 0 bridgehead atoms. The third-order valence-corrected chi connectivity index (χ3v) is 2.23. The van der Waals surface area contributed by atoms with E-state index in [9.17, 15) is 9.50 Å². The second-order valence-corrected chi connectivity index (χ2v) is 3.17. The molecular formula is C9H10ClFO2. The van der Waals surface area contributed by atoms with Gasteiger partial charge in [0, 0.05) is 12.2 Å². The zero-order valence-corrected chi connectivity index (χ0v) is 7.90. The lowest BCUT2D eigenvalue weighted by molar-refractivity contribution is 0.297. The highest BCUT2D eigenvalue weighted by atomic mass is 35.5. The Morgan fingerprint density at radius 2 is 2.15 bits per heavy atom. The van der Waals surface area contributed by atoms with Crippen LogP contribution < -0.4 is 0 Å². The molecule has 0 aliphatic heterocycles. The third-order valence-electron chi connectivity index (χ3n) is 1.94. The summed E-state index contributed by atoms with van der Waals surface area (Å²) in [6, 6.07) is 1.06. The minimum Gasteiger partial charge on any atom is -0.506 e. The summed E-state index contributed by atoms with van der Waals surface area (Å²) in [7, 11) is 0. The van der Waals surface area contributed by atoms with Crippen LogP contribution >= 0.6 is 11.6 Å². The Bertz CT molecular complexity index is 300. The van der Waals surface area contributed by atoms with Crippen molar-refractivity contribution in [1.82, 2.24) is 0 Å². The molecule has 0 saturated heterocycles. The van der Waals surface area contributed by atoms with E-state index >= 15 is 0 Å². The Balaban J connectivity index is 3.28. The quantitative estimate of drug-likeness (QED) is 0.774. The van der Waals surface area contributed by atoms with Crippen LogP contribution in [0.25, 0.3) is 0 Å². The van der Waals surface area contributed by atoms with E-state index in [1.807, 2.05) is 0 Å². The van der Waals surface area contributed by atoms with Gasteiger partial charge in [0.1, 0.15) is 11.6 Å². The van der Waals surface area contributed by atoms with E-state index in [0.717, 1.165) is 6.07 Å². The predicted octanol–water partition coefficient (Wildman–Crippen LogP) is 2.03. The van der Waals surface area contributed by atoms with Crippen molar-refractivity contribution < 1.29 is 14.6 Å².